The molecule has 0 amide bonds. The molecule has 122 valence electrons. The van der Waals surface area contributed by atoms with Gasteiger partial charge in [0.15, 0.2) is 0 Å². The molecule has 7 heteroatoms. The molecular weight excluding hydrogens is 292 g/mol. The van der Waals surface area contributed by atoms with E-state index in [0.717, 1.165) is 19.3 Å². The molecule has 0 aliphatic rings. The number of sulfonamides is 1. The van der Waals surface area contributed by atoms with Gasteiger partial charge in [0, 0.05) is 38.2 Å². The zero-order chi connectivity index (χ0) is 15.9. The summed E-state index contributed by atoms with van der Waals surface area (Å²) < 4.78 is 33.7. The molecule has 0 spiro atoms. The van der Waals surface area contributed by atoms with Gasteiger partial charge < -0.3 is 14.4 Å². The van der Waals surface area contributed by atoms with Crippen LogP contribution in [0, 0.1) is 0 Å². The summed E-state index contributed by atoms with van der Waals surface area (Å²) >= 11 is 0. The summed E-state index contributed by atoms with van der Waals surface area (Å²) in [4.78, 5) is 0.206. The van der Waals surface area contributed by atoms with E-state index in [2.05, 4.69) is 4.72 Å². The van der Waals surface area contributed by atoms with Gasteiger partial charge in [0.05, 0.1) is 11.5 Å². The number of hydrogen-bond acceptors (Lipinski definition) is 4. The maximum atomic E-state index is 12.2. The van der Waals surface area contributed by atoms with E-state index >= 15 is 0 Å². The molecule has 0 saturated carbocycles. The van der Waals surface area contributed by atoms with E-state index in [4.69, 9.17) is 4.74 Å². The molecule has 1 rings (SSSR count). The molecule has 0 atom stereocenters. The van der Waals surface area contributed by atoms with E-state index < -0.39 is 10.0 Å². The van der Waals surface area contributed by atoms with Crippen LogP contribution in [-0.4, -0.2) is 38.4 Å². The minimum Gasteiger partial charge on any atom is -0.390 e. The molecule has 1 aromatic heterocycles. The summed E-state index contributed by atoms with van der Waals surface area (Å²) in [5, 5.41) is 9.30. The van der Waals surface area contributed by atoms with Crippen LogP contribution in [0.2, 0.25) is 0 Å². The van der Waals surface area contributed by atoms with Crippen LogP contribution in [-0.2, 0) is 21.4 Å². The second kappa shape index (κ2) is 8.53. The van der Waals surface area contributed by atoms with Gasteiger partial charge in [-0.1, -0.05) is 0 Å². The lowest BCUT2D eigenvalue weighted by Crippen LogP contribution is -2.24. The first-order valence-electron chi connectivity index (χ1n) is 7.22. The summed E-state index contributed by atoms with van der Waals surface area (Å²) in [5.41, 5.74) is 0.602. The molecule has 0 radical (unpaired) electrons. The standard InChI is InChI=1S/C14H26N2O4S/c1-12(2)16-10-14(9-13(16)11-17)21(18,19)15-7-5-4-6-8-20-3/h9-10,12,15,17H,4-8,11H2,1-3H3. The Balaban J connectivity index is 2.62. The van der Waals surface area contributed by atoms with Crippen molar-refractivity contribution in [1.29, 1.82) is 0 Å². The van der Waals surface area contributed by atoms with Crippen LogP contribution >= 0.6 is 0 Å². The van der Waals surface area contributed by atoms with Crippen molar-refractivity contribution in [2.45, 2.75) is 50.7 Å². The number of methoxy groups -OCH3 is 1. The molecule has 0 aliphatic heterocycles. The normalized spacial score (nSPS) is 12.2. The third-order valence-electron chi connectivity index (χ3n) is 3.25. The Morgan fingerprint density at radius 1 is 1.33 bits per heavy atom. The lowest BCUT2D eigenvalue weighted by Gasteiger charge is -2.10. The number of aromatic nitrogens is 1. The zero-order valence-corrected chi connectivity index (χ0v) is 13.8. The van der Waals surface area contributed by atoms with Crippen molar-refractivity contribution in [3.63, 3.8) is 0 Å². The average molecular weight is 318 g/mol. The summed E-state index contributed by atoms with van der Waals surface area (Å²) in [6.45, 7) is 4.82. The Morgan fingerprint density at radius 3 is 2.57 bits per heavy atom. The molecule has 0 aliphatic carbocycles. The van der Waals surface area contributed by atoms with Gasteiger partial charge in [-0.05, 0) is 39.2 Å². The molecular formula is C14H26N2O4S. The van der Waals surface area contributed by atoms with Crippen molar-refractivity contribution in [3.05, 3.63) is 18.0 Å². The fourth-order valence-electron chi connectivity index (χ4n) is 2.09. The highest BCUT2D eigenvalue weighted by molar-refractivity contribution is 7.89. The lowest BCUT2D eigenvalue weighted by molar-refractivity contribution is 0.192. The summed E-state index contributed by atoms with van der Waals surface area (Å²) in [6, 6.07) is 1.62. The van der Waals surface area contributed by atoms with Crippen molar-refractivity contribution >= 4 is 10.0 Å². The average Bonchev–Trinajstić information content (AvgIpc) is 2.88. The number of aliphatic hydroxyl groups excluding tert-OH is 1. The first-order valence-corrected chi connectivity index (χ1v) is 8.71. The molecule has 0 bridgehead atoms. The van der Waals surface area contributed by atoms with Gasteiger partial charge in [0.1, 0.15) is 0 Å². The van der Waals surface area contributed by atoms with Crippen LogP contribution in [0.4, 0.5) is 0 Å². The predicted molar refractivity (Wildman–Crippen MR) is 81.7 cm³/mol. The van der Waals surface area contributed by atoms with Crippen LogP contribution in [0.3, 0.4) is 0 Å². The number of nitrogens with zero attached hydrogens (tertiary/aromatic N) is 1. The third-order valence-corrected chi connectivity index (χ3v) is 4.68. The molecule has 0 fully saturated rings. The summed E-state index contributed by atoms with van der Waals surface area (Å²) in [6.07, 6.45) is 4.20. The topological polar surface area (TPSA) is 80.6 Å². The van der Waals surface area contributed by atoms with E-state index in [1.54, 1.807) is 17.9 Å². The maximum Gasteiger partial charge on any atom is 0.242 e. The summed E-state index contributed by atoms with van der Waals surface area (Å²) in [5.74, 6) is 0. The molecule has 1 aromatic rings. The molecule has 2 N–H and O–H groups in total. The Bertz CT molecular complexity index is 523. The second-order valence-electron chi connectivity index (χ2n) is 5.28. The highest BCUT2D eigenvalue weighted by Gasteiger charge is 2.18. The van der Waals surface area contributed by atoms with Crippen LogP contribution in [0.5, 0.6) is 0 Å². The quantitative estimate of drug-likeness (QED) is 0.643. The van der Waals surface area contributed by atoms with Gasteiger partial charge in [0.25, 0.3) is 0 Å². The largest absolute Gasteiger partial charge is 0.390 e. The van der Waals surface area contributed by atoms with E-state index in [1.165, 1.54) is 6.07 Å². The molecule has 0 unspecified atom stereocenters. The van der Waals surface area contributed by atoms with Crippen molar-refractivity contribution < 1.29 is 18.3 Å². The highest BCUT2D eigenvalue weighted by Crippen LogP contribution is 2.18. The predicted octanol–water partition coefficient (Wildman–Crippen LogP) is 1.66. The minimum absolute atomic E-state index is 0.102. The van der Waals surface area contributed by atoms with Gasteiger partial charge in [-0.15, -0.1) is 0 Å². The molecule has 6 nitrogen and oxygen atoms in total. The van der Waals surface area contributed by atoms with Crippen molar-refractivity contribution in [1.82, 2.24) is 9.29 Å². The van der Waals surface area contributed by atoms with Gasteiger partial charge >= 0.3 is 0 Å². The van der Waals surface area contributed by atoms with Gasteiger partial charge in [0.2, 0.25) is 10.0 Å². The van der Waals surface area contributed by atoms with E-state index in [9.17, 15) is 13.5 Å². The Morgan fingerprint density at radius 2 is 2.05 bits per heavy atom. The van der Waals surface area contributed by atoms with E-state index in [1.807, 2.05) is 13.8 Å². The smallest absolute Gasteiger partial charge is 0.242 e. The van der Waals surface area contributed by atoms with Crippen LogP contribution in [0.25, 0.3) is 0 Å². The number of hydrogen-bond donors (Lipinski definition) is 2. The Labute approximate surface area is 127 Å². The minimum atomic E-state index is -3.51. The number of nitrogens with one attached hydrogen (secondary N) is 1. The van der Waals surface area contributed by atoms with Crippen LogP contribution in [0.15, 0.2) is 17.2 Å². The zero-order valence-electron chi connectivity index (χ0n) is 13.0. The van der Waals surface area contributed by atoms with Crippen molar-refractivity contribution in [2.75, 3.05) is 20.3 Å². The van der Waals surface area contributed by atoms with Gasteiger partial charge in [-0.3, -0.25) is 0 Å². The fourth-order valence-corrected chi connectivity index (χ4v) is 3.21. The number of rotatable bonds is 10. The lowest BCUT2D eigenvalue weighted by atomic mass is 10.2. The third kappa shape index (κ3) is 5.43. The summed E-state index contributed by atoms with van der Waals surface area (Å²) in [7, 11) is -1.86. The number of ether oxygens (including phenoxy) is 1. The van der Waals surface area contributed by atoms with Gasteiger partial charge in [-0.25, -0.2) is 13.1 Å². The Hall–Kier alpha value is -0.890. The first-order chi connectivity index (χ1) is 9.92. The van der Waals surface area contributed by atoms with Crippen molar-refractivity contribution in [3.8, 4) is 0 Å². The second-order valence-corrected chi connectivity index (χ2v) is 7.04. The number of aliphatic hydroxyl groups is 1. The first kappa shape index (κ1) is 18.2. The molecule has 0 saturated heterocycles. The monoisotopic (exact) mass is 318 g/mol. The molecule has 0 aromatic carbocycles. The molecule has 1 heterocycles. The van der Waals surface area contributed by atoms with Crippen molar-refractivity contribution in [2.24, 2.45) is 0 Å². The fraction of sp³-hybridized carbons (Fsp3) is 0.714. The SMILES string of the molecule is COCCCCCNS(=O)(=O)c1cc(CO)n(C(C)C)c1. The van der Waals surface area contributed by atoms with E-state index in [0.29, 0.717) is 18.8 Å². The Kier molecular flexibility index (Phi) is 7.37. The van der Waals surface area contributed by atoms with Gasteiger partial charge in [-0.2, -0.15) is 0 Å². The van der Waals surface area contributed by atoms with Crippen LogP contribution in [0.1, 0.15) is 44.8 Å². The van der Waals surface area contributed by atoms with E-state index in [-0.39, 0.29) is 17.5 Å². The maximum absolute atomic E-state index is 12.2. The molecule has 21 heavy (non-hydrogen) atoms. The highest BCUT2D eigenvalue weighted by atomic mass is 32.2. The van der Waals surface area contributed by atoms with Crippen LogP contribution < -0.4 is 4.72 Å². The number of unbranched alkanes of at least 4 members (excludes halogenated alkanes) is 2.